The van der Waals surface area contributed by atoms with Crippen molar-refractivity contribution < 1.29 is 21.7 Å². The fourth-order valence-corrected chi connectivity index (χ4v) is 1.59. The molecular weight excluding hydrogens is 233 g/mol. The highest BCUT2D eigenvalue weighted by Crippen LogP contribution is 2.07. The summed E-state index contributed by atoms with van der Waals surface area (Å²) in [6, 6.07) is 11.9. The van der Waals surface area contributed by atoms with E-state index in [1.165, 1.54) is 5.56 Å². The molecule has 0 aliphatic carbocycles. The van der Waals surface area contributed by atoms with Crippen LogP contribution in [0.15, 0.2) is 40.9 Å². The third-order valence-electron chi connectivity index (χ3n) is 1.98. The molecule has 15 heavy (non-hydrogen) atoms. The van der Waals surface area contributed by atoms with Gasteiger partial charge in [-0.25, -0.2) is 4.52 Å². The Labute approximate surface area is 99.9 Å². The molecular formula is C11H11Cl2NO. The summed E-state index contributed by atoms with van der Waals surface area (Å²) in [5, 5.41) is 0.631. The number of aryl methyl sites for hydroxylation is 1. The van der Waals surface area contributed by atoms with Crippen LogP contribution in [0.1, 0.15) is 11.3 Å². The number of hydrogen-bond acceptors (Lipinski definition) is 1. The molecule has 1 heterocycles. The maximum atomic E-state index is 5.96. The van der Waals surface area contributed by atoms with Gasteiger partial charge >= 0.3 is 5.15 Å². The molecule has 4 heteroatoms. The van der Waals surface area contributed by atoms with Crippen molar-refractivity contribution in [3.05, 3.63) is 52.9 Å². The minimum absolute atomic E-state index is 0. The Kier molecular flexibility index (Phi) is 4.18. The molecule has 2 nitrogen and oxygen atoms in total. The molecule has 0 spiro atoms. The minimum Gasteiger partial charge on any atom is -1.00 e. The first-order valence-corrected chi connectivity index (χ1v) is 4.84. The van der Waals surface area contributed by atoms with Crippen LogP contribution in [-0.4, -0.2) is 0 Å². The minimum atomic E-state index is 0. The van der Waals surface area contributed by atoms with E-state index in [1.807, 2.05) is 43.3 Å². The molecule has 0 N–H and O–H groups in total. The van der Waals surface area contributed by atoms with E-state index in [-0.39, 0.29) is 12.4 Å². The van der Waals surface area contributed by atoms with Gasteiger partial charge in [-0.1, -0.05) is 30.3 Å². The maximum Gasteiger partial charge on any atom is 0.323 e. The Morgan fingerprint density at radius 3 is 2.47 bits per heavy atom. The Morgan fingerprint density at radius 2 is 1.93 bits per heavy atom. The Bertz CT molecular complexity index is 425. The van der Waals surface area contributed by atoms with E-state index in [0.29, 0.717) is 11.7 Å². The monoisotopic (exact) mass is 243 g/mol. The molecule has 2 rings (SSSR count). The number of nitrogens with zero attached hydrogens (tertiary/aromatic N) is 1. The second-order valence-electron chi connectivity index (χ2n) is 3.19. The lowest BCUT2D eigenvalue weighted by Crippen LogP contribution is -3.00. The second-order valence-corrected chi connectivity index (χ2v) is 3.58. The van der Waals surface area contributed by atoms with Crippen LogP contribution in [0.4, 0.5) is 0 Å². The van der Waals surface area contributed by atoms with Crippen molar-refractivity contribution in [1.29, 1.82) is 0 Å². The highest BCUT2D eigenvalue weighted by Gasteiger charge is 2.15. The van der Waals surface area contributed by atoms with Crippen LogP contribution in [0.3, 0.4) is 0 Å². The molecule has 0 radical (unpaired) electrons. The molecule has 0 saturated heterocycles. The first kappa shape index (κ1) is 12.1. The smallest absolute Gasteiger partial charge is 0.323 e. The van der Waals surface area contributed by atoms with Crippen molar-refractivity contribution in [3.63, 3.8) is 0 Å². The zero-order chi connectivity index (χ0) is 9.97. The maximum absolute atomic E-state index is 5.96. The average molecular weight is 244 g/mol. The standard InChI is InChI=1S/C11H11ClNO.ClH/c1-9-7-11(12)13(14-9)8-10-5-3-2-4-6-10;/h2-7H,8H2,1H3;1H/q+1;/p-1. The summed E-state index contributed by atoms with van der Waals surface area (Å²) in [6.07, 6.45) is 0. The number of aromatic nitrogens is 1. The van der Waals surface area contributed by atoms with Crippen molar-refractivity contribution in [2.24, 2.45) is 0 Å². The van der Waals surface area contributed by atoms with Gasteiger partial charge < -0.3 is 12.4 Å². The van der Waals surface area contributed by atoms with Gasteiger partial charge in [0, 0.05) is 17.2 Å². The van der Waals surface area contributed by atoms with Crippen LogP contribution in [0.2, 0.25) is 5.15 Å². The number of rotatable bonds is 2. The Morgan fingerprint density at radius 1 is 1.27 bits per heavy atom. The summed E-state index contributed by atoms with van der Waals surface area (Å²) < 4.78 is 7.08. The highest BCUT2D eigenvalue weighted by molar-refractivity contribution is 6.28. The Hall–Kier alpha value is -0.990. The van der Waals surface area contributed by atoms with Crippen LogP contribution in [-0.2, 0) is 6.54 Å². The van der Waals surface area contributed by atoms with E-state index in [1.54, 1.807) is 4.74 Å². The van der Waals surface area contributed by atoms with Gasteiger partial charge in [0.1, 0.15) is 0 Å². The van der Waals surface area contributed by atoms with Crippen LogP contribution >= 0.6 is 11.6 Å². The van der Waals surface area contributed by atoms with Crippen molar-refractivity contribution in [2.75, 3.05) is 0 Å². The summed E-state index contributed by atoms with van der Waals surface area (Å²) in [7, 11) is 0. The highest BCUT2D eigenvalue weighted by atomic mass is 35.5. The largest absolute Gasteiger partial charge is 1.00 e. The van der Waals surface area contributed by atoms with Crippen molar-refractivity contribution >= 4 is 11.6 Å². The lowest BCUT2D eigenvalue weighted by molar-refractivity contribution is -0.856. The van der Waals surface area contributed by atoms with Crippen LogP contribution in [0.25, 0.3) is 0 Å². The SMILES string of the molecule is Cc1cc(Cl)[n+](Cc2ccccc2)o1.[Cl-]. The second kappa shape index (κ2) is 5.19. The van der Waals surface area contributed by atoms with Crippen LogP contribution in [0, 0.1) is 6.92 Å². The molecule has 0 atom stereocenters. The molecule has 0 saturated carbocycles. The van der Waals surface area contributed by atoms with Gasteiger partial charge in [-0.3, -0.25) is 0 Å². The van der Waals surface area contributed by atoms with Gasteiger partial charge in [0.15, 0.2) is 5.76 Å². The molecule has 0 bridgehead atoms. The quantitative estimate of drug-likeness (QED) is 0.656. The molecule has 1 aromatic carbocycles. The molecule has 0 aliphatic rings. The number of halogens is 2. The van der Waals surface area contributed by atoms with E-state index >= 15 is 0 Å². The van der Waals surface area contributed by atoms with Gasteiger partial charge in [-0.15, -0.1) is 0 Å². The molecule has 0 unspecified atom stereocenters. The number of hydrogen-bond donors (Lipinski definition) is 0. The molecule has 0 fully saturated rings. The molecule has 80 valence electrons. The summed E-state index contributed by atoms with van der Waals surface area (Å²) >= 11 is 5.96. The van der Waals surface area contributed by atoms with Gasteiger partial charge in [0.05, 0.1) is 6.07 Å². The molecule has 1 aromatic heterocycles. The third-order valence-corrected chi connectivity index (χ3v) is 2.28. The van der Waals surface area contributed by atoms with E-state index in [9.17, 15) is 0 Å². The normalized spacial score (nSPS) is 9.73. The van der Waals surface area contributed by atoms with Gasteiger partial charge in [-0.2, -0.15) is 0 Å². The van der Waals surface area contributed by atoms with E-state index < -0.39 is 0 Å². The summed E-state index contributed by atoms with van der Waals surface area (Å²) in [5.74, 6) is 0.825. The molecule has 0 aliphatic heterocycles. The van der Waals surface area contributed by atoms with Gasteiger partial charge in [0.2, 0.25) is 6.54 Å². The fourth-order valence-electron chi connectivity index (χ4n) is 1.34. The lowest BCUT2D eigenvalue weighted by Gasteiger charge is -1.91. The summed E-state index contributed by atoms with van der Waals surface area (Å²) in [6.45, 7) is 2.56. The van der Waals surface area contributed by atoms with Gasteiger partial charge in [-0.05, 0) is 11.6 Å². The zero-order valence-corrected chi connectivity index (χ0v) is 9.79. The van der Waals surface area contributed by atoms with Crippen molar-refractivity contribution in [3.8, 4) is 0 Å². The predicted molar refractivity (Wildman–Crippen MR) is 54.2 cm³/mol. The molecule has 2 aromatic rings. The summed E-state index contributed by atoms with van der Waals surface area (Å²) in [5.41, 5.74) is 1.17. The average Bonchev–Trinajstić information content (AvgIpc) is 2.47. The summed E-state index contributed by atoms with van der Waals surface area (Å²) in [4.78, 5) is 0. The topological polar surface area (TPSA) is 17.0 Å². The fraction of sp³-hybridized carbons (Fsp3) is 0.182. The Balaban J connectivity index is 0.00000112. The van der Waals surface area contributed by atoms with Crippen LogP contribution in [0.5, 0.6) is 0 Å². The lowest BCUT2D eigenvalue weighted by atomic mass is 10.2. The third kappa shape index (κ3) is 2.98. The predicted octanol–water partition coefficient (Wildman–Crippen LogP) is -0.419. The first-order valence-electron chi connectivity index (χ1n) is 4.46. The first-order chi connectivity index (χ1) is 6.75. The van der Waals surface area contributed by atoms with E-state index in [4.69, 9.17) is 16.1 Å². The number of benzene rings is 1. The van der Waals surface area contributed by atoms with Gasteiger partial charge in [0.25, 0.3) is 0 Å². The van der Waals surface area contributed by atoms with Crippen LogP contribution < -0.4 is 17.1 Å². The molecule has 0 amide bonds. The van der Waals surface area contributed by atoms with E-state index in [0.717, 1.165) is 5.76 Å². The zero-order valence-electron chi connectivity index (χ0n) is 8.28. The van der Waals surface area contributed by atoms with E-state index in [2.05, 4.69) is 0 Å². The van der Waals surface area contributed by atoms with Crippen molar-refractivity contribution in [2.45, 2.75) is 13.5 Å². The van der Waals surface area contributed by atoms with Crippen molar-refractivity contribution in [1.82, 2.24) is 0 Å².